The number of rotatable bonds is 6. The number of nitrogen functional groups attached to an aromatic ring is 1. The Labute approximate surface area is 206 Å². The molecule has 11 heteroatoms. The van der Waals surface area contributed by atoms with Gasteiger partial charge in [-0.25, -0.2) is 19.9 Å². The van der Waals surface area contributed by atoms with Gasteiger partial charge in [-0.05, 0) is 44.2 Å². The fourth-order valence-corrected chi connectivity index (χ4v) is 4.66. The Morgan fingerprint density at radius 2 is 2.03 bits per heavy atom. The second-order valence-electron chi connectivity index (χ2n) is 9.46. The van der Waals surface area contributed by atoms with Crippen molar-refractivity contribution in [1.82, 2.24) is 34.6 Å². The first kappa shape index (κ1) is 22.2. The van der Waals surface area contributed by atoms with Gasteiger partial charge in [0.1, 0.15) is 17.6 Å². The van der Waals surface area contributed by atoms with Crippen molar-refractivity contribution in [1.29, 1.82) is 0 Å². The van der Waals surface area contributed by atoms with E-state index in [2.05, 4.69) is 25.3 Å². The van der Waals surface area contributed by atoms with Crippen LogP contribution in [0.1, 0.15) is 35.4 Å². The second kappa shape index (κ2) is 8.74. The molecule has 1 atom stereocenters. The summed E-state index contributed by atoms with van der Waals surface area (Å²) in [5.41, 5.74) is 9.45. The van der Waals surface area contributed by atoms with Crippen molar-refractivity contribution >= 4 is 23.3 Å². The summed E-state index contributed by atoms with van der Waals surface area (Å²) in [6, 6.07) is 3.73. The van der Waals surface area contributed by atoms with E-state index in [4.69, 9.17) is 10.2 Å². The number of carbonyl (C=O) groups excluding carboxylic acids is 2. The molecule has 1 saturated carbocycles. The summed E-state index contributed by atoms with van der Waals surface area (Å²) in [5.74, 6) is 0.483. The Morgan fingerprint density at radius 3 is 2.81 bits per heavy atom. The molecule has 6 rings (SSSR count). The van der Waals surface area contributed by atoms with E-state index in [1.807, 2.05) is 34.6 Å². The molecule has 2 amide bonds. The van der Waals surface area contributed by atoms with Gasteiger partial charge >= 0.3 is 0 Å². The van der Waals surface area contributed by atoms with Crippen molar-refractivity contribution in [2.24, 2.45) is 11.8 Å². The van der Waals surface area contributed by atoms with Crippen molar-refractivity contribution in [3.8, 4) is 22.8 Å². The molecular formula is C25H26N8O3. The maximum Gasteiger partial charge on any atom is 0.273 e. The molecule has 0 radical (unpaired) electrons. The van der Waals surface area contributed by atoms with Crippen molar-refractivity contribution in [3.63, 3.8) is 0 Å². The molecule has 11 nitrogen and oxygen atoms in total. The highest BCUT2D eigenvalue weighted by atomic mass is 16.3. The summed E-state index contributed by atoms with van der Waals surface area (Å²) in [7, 11) is 0. The van der Waals surface area contributed by atoms with Gasteiger partial charge in [0.05, 0.1) is 6.20 Å². The zero-order valence-corrected chi connectivity index (χ0v) is 19.8. The van der Waals surface area contributed by atoms with Crippen LogP contribution in [-0.2, 0) is 4.79 Å². The number of carbonyl (C=O) groups is 2. The van der Waals surface area contributed by atoms with E-state index in [0.717, 1.165) is 37.1 Å². The minimum Gasteiger partial charge on any atom is -0.443 e. The lowest BCUT2D eigenvalue weighted by molar-refractivity contribution is -0.131. The normalized spacial score (nSPS) is 17.6. The molecule has 5 heterocycles. The third kappa shape index (κ3) is 4.06. The van der Waals surface area contributed by atoms with Gasteiger partial charge in [0.2, 0.25) is 11.8 Å². The van der Waals surface area contributed by atoms with Gasteiger partial charge in [-0.15, -0.1) is 0 Å². The molecule has 184 valence electrons. The number of nitrogens with two attached hydrogens (primary N) is 1. The summed E-state index contributed by atoms with van der Waals surface area (Å²) < 4.78 is 7.41. The highest BCUT2D eigenvalue weighted by molar-refractivity contribution is 5.97. The minimum absolute atomic E-state index is 0.0127. The molecule has 1 aliphatic carbocycles. The number of aryl methyl sites for hydroxylation is 1. The van der Waals surface area contributed by atoms with Gasteiger partial charge in [-0.2, -0.15) is 0 Å². The maximum absolute atomic E-state index is 13.1. The van der Waals surface area contributed by atoms with E-state index < -0.39 is 5.91 Å². The van der Waals surface area contributed by atoms with Crippen LogP contribution in [0.3, 0.4) is 0 Å². The predicted molar refractivity (Wildman–Crippen MR) is 131 cm³/mol. The highest BCUT2D eigenvalue weighted by Gasteiger charge is 2.36. The predicted octanol–water partition coefficient (Wildman–Crippen LogP) is 2.33. The second-order valence-corrected chi connectivity index (χ2v) is 9.46. The Kier molecular flexibility index (Phi) is 5.39. The van der Waals surface area contributed by atoms with E-state index in [9.17, 15) is 9.59 Å². The van der Waals surface area contributed by atoms with Gasteiger partial charge < -0.3 is 24.8 Å². The minimum atomic E-state index is -0.410. The van der Waals surface area contributed by atoms with Crippen LogP contribution in [0.4, 0.5) is 5.82 Å². The third-order valence-electron chi connectivity index (χ3n) is 6.81. The summed E-state index contributed by atoms with van der Waals surface area (Å²) in [5, 5.41) is 2.94. The summed E-state index contributed by atoms with van der Waals surface area (Å²) in [4.78, 5) is 45.1. The van der Waals surface area contributed by atoms with E-state index >= 15 is 0 Å². The number of pyridine rings is 1. The number of nitrogens with zero attached hydrogens (tertiary/aromatic N) is 6. The van der Waals surface area contributed by atoms with E-state index in [0.29, 0.717) is 30.0 Å². The lowest BCUT2D eigenvalue weighted by Gasteiger charge is -2.16. The number of aromatic nitrogens is 5. The highest BCUT2D eigenvalue weighted by Crippen LogP contribution is 2.33. The van der Waals surface area contributed by atoms with Crippen LogP contribution in [0, 0.1) is 18.8 Å². The molecule has 36 heavy (non-hydrogen) atoms. The van der Waals surface area contributed by atoms with Gasteiger partial charge in [0.15, 0.2) is 17.2 Å². The number of nitrogens with one attached hydrogen (secondary N) is 1. The molecule has 0 aromatic carbocycles. The quantitative estimate of drug-likeness (QED) is 0.422. The number of oxazole rings is 1. The number of hydrogen-bond donors (Lipinski definition) is 2. The molecule has 1 saturated heterocycles. The zero-order valence-electron chi connectivity index (χ0n) is 19.8. The number of anilines is 1. The lowest BCUT2D eigenvalue weighted by Crippen LogP contribution is -2.34. The average Bonchev–Trinajstić information content (AvgIpc) is 3.24. The monoisotopic (exact) mass is 486 g/mol. The van der Waals surface area contributed by atoms with Crippen LogP contribution in [0.25, 0.3) is 28.5 Å². The molecule has 1 aliphatic heterocycles. The van der Waals surface area contributed by atoms with Crippen molar-refractivity contribution < 1.29 is 14.0 Å². The van der Waals surface area contributed by atoms with Crippen molar-refractivity contribution in [2.75, 3.05) is 25.4 Å². The van der Waals surface area contributed by atoms with Crippen LogP contribution in [0.15, 0.2) is 41.4 Å². The topological polar surface area (TPSA) is 145 Å². The molecule has 4 aromatic heterocycles. The molecule has 0 bridgehead atoms. The van der Waals surface area contributed by atoms with Crippen LogP contribution in [-0.4, -0.2) is 60.7 Å². The first-order chi connectivity index (χ1) is 17.5. The smallest absolute Gasteiger partial charge is 0.273 e. The Balaban J connectivity index is 1.27. The molecule has 4 aromatic rings. The summed E-state index contributed by atoms with van der Waals surface area (Å²) in [6.45, 7) is 3.79. The number of likely N-dealkylation sites (tertiary alicyclic amines) is 1. The third-order valence-corrected chi connectivity index (χ3v) is 6.81. The SMILES string of the molecule is Cc1cnc2ccc(-c3nc(C(=O)NC[C@@H]4CCN(C(=O)C5CC5)C4)c(N)nc3-c3ncco3)cn12. The number of fused-ring (bicyclic) bond motifs is 1. The Morgan fingerprint density at radius 1 is 1.17 bits per heavy atom. The maximum atomic E-state index is 13.1. The van der Waals surface area contributed by atoms with E-state index in [1.165, 1.54) is 12.5 Å². The fourth-order valence-electron chi connectivity index (χ4n) is 4.66. The number of amides is 2. The molecule has 2 fully saturated rings. The van der Waals surface area contributed by atoms with Crippen LogP contribution < -0.4 is 11.1 Å². The molecular weight excluding hydrogens is 460 g/mol. The summed E-state index contributed by atoms with van der Waals surface area (Å²) in [6.07, 6.45) is 9.47. The Hall–Kier alpha value is -4.28. The lowest BCUT2D eigenvalue weighted by atomic mass is 10.1. The Bertz CT molecular complexity index is 1460. The van der Waals surface area contributed by atoms with Crippen LogP contribution >= 0.6 is 0 Å². The molecule has 3 N–H and O–H groups in total. The van der Waals surface area contributed by atoms with Crippen LogP contribution in [0.2, 0.25) is 0 Å². The van der Waals surface area contributed by atoms with E-state index in [1.54, 1.807) is 6.20 Å². The zero-order chi connectivity index (χ0) is 24.8. The molecule has 0 unspecified atom stereocenters. The van der Waals surface area contributed by atoms with Crippen molar-refractivity contribution in [3.05, 3.63) is 48.4 Å². The van der Waals surface area contributed by atoms with Gasteiger partial charge in [-0.1, -0.05) is 0 Å². The largest absolute Gasteiger partial charge is 0.443 e. The van der Waals surface area contributed by atoms with Crippen molar-refractivity contribution in [2.45, 2.75) is 26.2 Å². The molecule has 0 spiro atoms. The first-order valence-corrected chi connectivity index (χ1v) is 12.1. The summed E-state index contributed by atoms with van der Waals surface area (Å²) >= 11 is 0. The van der Waals surface area contributed by atoms with Gasteiger partial charge in [0.25, 0.3) is 5.91 Å². The van der Waals surface area contributed by atoms with Gasteiger partial charge in [-0.3, -0.25) is 9.59 Å². The standard InChI is InChI=1S/C25H26N8O3/c1-14-10-28-18-5-4-17(13-33(14)18)19-20(24-27-7-9-36-24)31-22(26)21(30-19)23(34)29-11-15-6-8-32(12-15)25(35)16-2-3-16/h4-5,7,9-10,13,15-16H,2-3,6,8,11-12H2,1H3,(H2,26,31)(H,29,34)/t15-/m0/s1. The van der Waals surface area contributed by atoms with Crippen LogP contribution in [0.5, 0.6) is 0 Å². The average molecular weight is 487 g/mol. The van der Waals surface area contributed by atoms with Gasteiger partial charge in [0, 0.05) is 49.2 Å². The number of hydrogen-bond acceptors (Lipinski definition) is 8. The van der Waals surface area contributed by atoms with E-state index in [-0.39, 0.29) is 35.1 Å². The number of imidazole rings is 1. The first-order valence-electron chi connectivity index (χ1n) is 12.1. The fraction of sp³-hybridized carbons (Fsp3) is 0.360. The molecule has 2 aliphatic rings.